The Labute approximate surface area is 213 Å². The van der Waals surface area contributed by atoms with Gasteiger partial charge in [0.2, 0.25) is 0 Å². The number of ketones is 1. The van der Waals surface area contributed by atoms with Gasteiger partial charge in [-0.05, 0) is 49.8 Å². The monoisotopic (exact) mass is 503 g/mol. The van der Waals surface area contributed by atoms with E-state index >= 15 is 0 Å². The molecule has 1 aromatic carbocycles. The van der Waals surface area contributed by atoms with Crippen LogP contribution in [0.25, 0.3) is 11.0 Å². The molecule has 2 aromatic heterocycles. The summed E-state index contributed by atoms with van der Waals surface area (Å²) >= 11 is 1.63. The second kappa shape index (κ2) is 9.54. The molecule has 0 radical (unpaired) electrons. The molecule has 7 heteroatoms. The Bertz CT molecular complexity index is 1480. The van der Waals surface area contributed by atoms with Crippen LogP contribution in [-0.2, 0) is 14.3 Å². The molecule has 3 aromatic rings. The van der Waals surface area contributed by atoms with Crippen molar-refractivity contribution in [3.8, 4) is 0 Å². The van der Waals surface area contributed by atoms with Crippen molar-refractivity contribution in [1.82, 2.24) is 5.32 Å². The smallest absolute Gasteiger partial charge is 0.336 e. The van der Waals surface area contributed by atoms with E-state index in [2.05, 4.69) is 5.32 Å². The second-order valence-corrected chi connectivity index (χ2v) is 11.0. The van der Waals surface area contributed by atoms with Crippen molar-refractivity contribution in [1.29, 1.82) is 0 Å². The summed E-state index contributed by atoms with van der Waals surface area (Å²) in [6.07, 6.45) is 2.35. The maximum absolute atomic E-state index is 13.8. The Hall–Kier alpha value is -3.45. The predicted molar refractivity (Wildman–Crippen MR) is 140 cm³/mol. The van der Waals surface area contributed by atoms with Crippen LogP contribution in [-0.4, -0.2) is 18.4 Å². The van der Waals surface area contributed by atoms with Crippen LogP contribution in [0.1, 0.15) is 61.5 Å². The van der Waals surface area contributed by atoms with Gasteiger partial charge < -0.3 is 14.5 Å². The molecule has 1 aliphatic carbocycles. The molecule has 0 amide bonds. The van der Waals surface area contributed by atoms with Crippen LogP contribution in [0.2, 0.25) is 0 Å². The van der Waals surface area contributed by atoms with Gasteiger partial charge in [0.25, 0.3) is 0 Å². The molecule has 0 saturated heterocycles. The normalized spacial score (nSPS) is 20.1. The number of ether oxygens (including phenoxy) is 1. The van der Waals surface area contributed by atoms with Crippen LogP contribution >= 0.6 is 11.3 Å². The number of dihydropyridines is 1. The Morgan fingerprint density at radius 3 is 2.72 bits per heavy atom. The van der Waals surface area contributed by atoms with Gasteiger partial charge in [-0.1, -0.05) is 31.5 Å². The molecule has 2 atom stereocenters. The molecule has 0 unspecified atom stereocenters. The quantitative estimate of drug-likeness (QED) is 0.448. The molecule has 6 nitrogen and oxygen atoms in total. The lowest BCUT2D eigenvalue weighted by Crippen LogP contribution is -2.37. The standard InChI is InChI=1S/C29H29NO5S/c1-15(2)13-35-29(33)25-17(4)30-21-11-18(24-6-5-9-36-24)12-22(31)27(21)26(25)20-14-34-23-8-7-16(3)10-19(23)28(20)32/h5-10,14-15,18,26,30H,11-13H2,1-4H3/t18-,26+/m1/s1. The first-order valence-corrected chi connectivity index (χ1v) is 13.1. The molecule has 2 aliphatic rings. The predicted octanol–water partition coefficient (Wildman–Crippen LogP) is 5.72. The average molecular weight is 504 g/mol. The number of carbonyl (C=O) groups excluding carboxylic acids is 2. The third kappa shape index (κ3) is 4.32. The number of nitrogens with one attached hydrogen (secondary N) is 1. The third-order valence-corrected chi connectivity index (χ3v) is 7.84. The zero-order valence-corrected chi connectivity index (χ0v) is 21.7. The maximum Gasteiger partial charge on any atom is 0.336 e. The number of Topliss-reactive ketones (excluding diaryl/α,β-unsaturated/α-hetero) is 1. The minimum atomic E-state index is -0.848. The highest BCUT2D eigenvalue weighted by molar-refractivity contribution is 7.10. The van der Waals surface area contributed by atoms with Gasteiger partial charge in [-0.25, -0.2) is 4.79 Å². The van der Waals surface area contributed by atoms with Gasteiger partial charge in [-0.2, -0.15) is 0 Å². The summed E-state index contributed by atoms with van der Waals surface area (Å²) in [7, 11) is 0. The number of hydrogen-bond donors (Lipinski definition) is 1. The molecule has 0 spiro atoms. The van der Waals surface area contributed by atoms with Crippen LogP contribution in [0, 0.1) is 12.8 Å². The lowest BCUT2D eigenvalue weighted by molar-refractivity contribution is -0.140. The molecule has 0 saturated carbocycles. The Kier molecular flexibility index (Phi) is 6.43. The van der Waals surface area contributed by atoms with Gasteiger partial charge in [0.05, 0.1) is 29.7 Å². The summed E-state index contributed by atoms with van der Waals surface area (Å²) in [5.41, 5.74) is 3.53. The molecule has 186 valence electrons. The van der Waals surface area contributed by atoms with Crippen LogP contribution < -0.4 is 10.7 Å². The molecule has 1 N–H and O–H groups in total. The summed E-state index contributed by atoms with van der Waals surface area (Å²) in [4.78, 5) is 42.0. The highest BCUT2D eigenvalue weighted by atomic mass is 32.1. The van der Waals surface area contributed by atoms with E-state index in [1.165, 1.54) is 6.26 Å². The van der Waals surface area contributed by atoms with E-state index in [1.807, 2.05) is 44.4 Å². The lowest BCUT2D eigenvalue weighted by Gasteiger charge is -2.36. The summed E-state index contributed by atoms with van der Waals surface area (Å²) in [5.74, 6) is -1.24. The molecule has 3 heterocycles. The topological polar surface area (TPSA) is 85.6 Å². The molecular formula is C29H29NO5S. The van der Waals surface area contributed by atoms with E-state index in [0.29, 0.717) is 35.1 Å². The van der Waals surface area contributed by atoms with Crippen molar-refractivity contribution in [3.05, 3.63) is 90.7 Å². The number of hydrogen-bond acceptors (Lipinski definition) is 7. The number of thiophene rings is 1. The maximum atomic E-state index is 13.8. The van der Waals surface area contributed by atoms with Gasteiger partial charge in [-0.15, -0.1) is 11.3 Å². The zero-order valence-electron chi connectivity index (χ0n) is 20.8. The number of allylic oxidation sites excluding steroid dienone is 3. The van der Waals surface area contributed by atoms with E-state index < -0.39 is 11.9 Å². The minimum absolute atomic E-state index is 0.0577. The first-order valence-electron chi connectivity index (χ1n) is 12.2. The fourth-order valence-corrected chi connectivity index (χ4v) is 5.96. The zero-order chi connectivity index (χ0) is 25.6. The number of benzene rings is 1. The van der Waals surface area contributed by atoms with E-state index in [4.69, 9.17) is 9.15 Å². The lowest BCUT2D eigenvalue weighted by atomic mass is 9.73. The number of aryl methyl sites for hydroxylation is 1. The fraction of sp³-hybridized carbons (Fsp3) is 0.345. The third-order valence-electron chi connectivity index (χ3n) is 6.81. The van der Waals surface area contributed by atoms with E-state index in [-0.39, 0.29) is 40.8 Å². The van der Waals surface area contributed by atoms with Gasteiger partial charge >= 0.3 is 5.97 Å². The van der Waals surface area contributed by atoms with E-state index in [9.17, 15) is 14.4 Å². The van der Waals surface area contributed by atoms with Crippen molar-refractivity contribution in [2.75, 3.05) is 6.61 Å². The van der Waals surface area contributed by atoms with Gasteiger partial charge in [0, 0.05) is 39.7 Å². The van der Waals surface area contributed by atoms with Crippen LogP contribution in [0.5, 0.6) is 0 Å². The number of rotatable bonds is 5. The largest absolute Gasteiger partial charge is 0.464 e. The molecule has 5 rings (SSSR count). The number of esters is 1. The first kappa shape index (κ1) is 24.3. The van der Waals surface area contributed by atoms with Crippen molar-refractivity contribution in [2.45, 2.75) is 52.4 Å². The Morgan fingerprint density at radius 1 is 1.19 bits per heavy atom. The molecule has 0 fully saturated rings. The van der Waals surface area contributed by atoms with Gasteiger partial charge in [-0.3, -0.25) is 9.59 Å². The summed E-state index contributed by atoms with van der Waals surface area (Å²) in [5, 5.41) is 5.78. The Balaban J connectivity index is 1.67. The van der Waals surface area contributed by atoms with Crippen molar-refractivity contribution >= 4 is 34.1 Å². The van der Waals surface area contributed by atoms with Gasteiger partial charge in [0.1, 0.15) is 5.58 Å². The second-order valence-electron chi connectivity index (χ2n) is 10.0. The van der Waals surface area contributed by atoms with E-state index in [1.54, 1.807) is 30.4 Å². The average Bonchev–Trinajstić information content (AvgIpc) is 3.37. The van der Waals surface area contributed by atoms with Gasteiger partial charge in [0.15, 0.2) is 11.2 Å². The Morgan fingerprint density at radius 2 is 2.00 bits per heavy atom. The van der Waals surface area contributed by atoms with Crippen LogP contribution in [0.3, 0.4) is 0 Å². The van der Waals surface area contributed by atoms with Crippen molar-refractivity contribution < 1.29 is 18.7 Å². The summed E-state index contributed by atoms with van der Waals surface area (Å²) < 4.78 is 11.5. The molecule has 36 heavy (non-hydrogen) atoms. The highest BCUT2D eigenvalue weighted by Gasteiger charge is 2.43. The first-order chi connectivity index (χ1) is 17.2. The SMILES string of the molecule is CC1=C(C(=O)OCC(C)C)[C@H](c2coc3ccc(C)cc3c2=O)C2=C(C[C@@H](c3cccs3)CC2=O)N1. The number of carbonyl (C=O) groups is 2. The number of fused-ring (bicyclic) bond motifs is 1. The highest BCUT2D eigenvalue weighted by Crippen LogP contribution is 2.46. The molecule has 0 bridgehead atoms. The van der Waals surface area contributed by atoms with E-state index in [0.717, 1.165) is 16.1 Å². The summed E-state index contributed by atoms with van der Waals surface area (Å²) in [6, 6.07) is 9.46. The van der Waals surface area contributed by atoms with Crippen LogP contribution in [0.4, 0.5) is 0 Å². The van der Waals surface area contributed by atoms with Crippen molar-refractivity contribution in [2.24, 2.45) is 5.92 Å². The van der Waals surface area contributed by atoms with Crippen molar-refractivity contribution in [3.63, 3.8) is 0 Å². The summed E-state index contributed by atoms with van der Waals surface area (Å²) in [6.45, 7) is 7.87. The fourth-order valence-electron chi connectivity index (χ4n) is 5.12. The van der Waals surface area contributed by atoms with Crippen LogP contribution in [0.15, 0.2) is 73.7 Å². The molecule has 1 aliphatic heterocycles. The molecular weight excluding hydrogens is 474 g/mol. The minimum Gasteiger partial charge on any atom is -0.464 e.